The minimum absolute atomic E-state index is 0.151. The highest BCUT2D eigenvalue weighted by Crippen LogP contribution is 2.32. The van der Waals surface area contributed by atoms with Gasteiger partial charge >= 0.3 is 6.03 Å². The standard InChI is InChI=1S/C22H24N4O4/c1-28-17-8-3-6-15(12-17)14-23-22(27)26-11-5-10-19(26)21-24-20(25-30-21)16-7-4-9-18(13-16)29-2/h3-4,6-9,12-13,19H,5,10-11,14H2,1-2H3,(H,23,27). The molecular weight excluding hydrogens is 384 g/mol. The molecule has 0 radical (unpaired) electrons. The molecule has 1 atom stereocenters. The molecule has 0 saturated carbocycles. The summed E-state index contributed by atoms with van der Waals surface area (Å²) in [7, 11) is 3.23. The topological polar surface area (TPSA) is 89.7 Å². The molecule has 1 aliphatic rings. The molecule has 2 heterocycles. The lowest BCUT2D eigenvalue weighted by Crippen LogP contribution is -2.39. The maximum absolute atomic E-state index is 12.8. The van der Waals surface area contributed by atoms with Crippen molar-refractivity contribution in [3.05, 3.63) is 60.0 Å². The Labute approximate surface area is 174 Å². The molecular formula is C22H24N4O4. The summed E-state index contributed by atoms with van der Waals surface area (Å²) in [6, 6.07) is 14.7. The summed E-state index contributed by atoms with van der Waals surface area (Å²) in [6.07, 6.45) is 1.67. The number of urea groups is 1. The minimum atomic E-state index is -0.234. The van der Waals surface area contributed by atoms with Crippen molar-refractivity contribution in [3.63, 3.8) is 0 Å². The second-order valence-electron chi connectivity index (χ2n) is 7.05. The number of methoxy groups -OCH3 is 2. The van der Waals surface area contributed by atoms with E-state index in [1.807, 2.05) is 48.5 Å². The molecule has 2 amide bonds. The molecule has 1 N–H and O–H groups in total. The highest BCUT2D eigenvalue weighted by Gasteiger charge is 2.34. The van der Waals surface area contributed by atoms with Crippen LogP contribution in [0.25, 0.3) is 11.4 Å². The number of carbonyl (C=O) groups is 1. The van der Waals surface area contributed by atoms with E-state index in [1.54, 1.807) is 19.1 Å². The van der Waals surface area contributed by atoms with Crippen LogP contribution in [0, 0.1) is 0 Å². The van der Waals surface area contributed by atoms with Gasteiger partial charge in [0.25, 0.3) is 0 Å². The van der Waals surface area contributed by atoms with Crippen LogP contribution in [-0.4, -0.2) is 41.8 Å². The minimum Gasteiger partial charge on any atom is -0.497 e. The normalized spacial score (nSPS) is 15.8. The summed E-state index contributed by atoms with van der Waals surface area (Å²) in [6.45, 7) is 1.06. The second kappa shape index (κ2) is 8.86. The van der Waals surface area contributed by atoms with Gasteiger partial charge in [0.1, 0.15) is 17.5 Å². The van der Waals surface area contributed by atoms with Gasteiger partial charge in [0.15, 0.2) is 0 Å². The molecule has 0 aliphatic carbocycles. The van der Waals surface area contributed by atoms with Crippen molar-refractivity contribution in [2.24, 2.45) is 0 Å². The van der Waals surface area contributed by atoms with Gasteiger partial charge < -0.3 is 24.2 Å². The Kier molecular flexibility index (Phi) is 5.83. The van der Waals surface area contributed by atoms with Crippen LogP contribution in [0.4, 0.5) is 4.79 Å². The van der Waals surface area contributed by atoms with Crippen molar-refractivity contribution in [2.75, 3.05) is 20.8 Å². The summed E-state index contributed by atoms with van der Waals surface area (Å²) in [4.78, 5) is 19.1. The number of rotatable bonds is 6. The number of benzene rings is 2. The van der Waals surface area contributed by atoms with E-state index in [-0.39, 0.29) is 12.1 Å². The number of likely N-dealkylation sites (tertiary alicyclic amines) is 1. The molecule has 0 bridgehead atoms. The number of hydrogen-bond donors (Lipinski definition) is 1. The zero-order valence-electron chi connectivity index (χ0n) is 17.0. The molecule has 3 aromatic rings. The van der Waals surface area contributed by atoms with Crippen LogP contribution in [0.15, 0.2) is 53.1 Å². The highest BCUT2D eigenvalue weighted by atomic mass is 16.5. The molecule has 1 unspecified atom stereocenters. The predicted octanol–water partition coefficient (Wildman–Crippen LogP) is 3.80. The average molecular weight is 408 g/mol. The third-order valence-electron chi connectivity index (χ3n) is 5.15. The fourth-order valence-corrected chi connectivity index (χ4v) is 3.58. The van der Waals surface area contributed by atoms with Gasteiger partial charge in [-0.05, 0) is 42.7 Å². The van der Waals surface area contributed by atoms with Crippen molar-refractivity contribution in [1.29, 1.82) is 0 Å². The first-order valence-corrected chi connectivity index (χ1v) is 9.83. The number of amides is 2. The van der Waals surface area contributed by atoms with E-state index < -0.39 is 0 Å². The van der Waals surface area contributed by atoms with Gasteiger partial charge in [0.05, 0.1) is 14.2 Å². The number of nitrogens with one attached hydrogen (secondary N) is 1. The molecule has 4 rings (SSSR count). The first kappa shape index (κ1) is 19.8. The molecule has 1 fully saturated rings. The van der Waals surface area contributed by atoms with Gasteiger partial charge in [0.2, 0.25) is 11.7 Å². The zero-order valence-corrected chi connectivity index (χ0v) is 17.0. The van der Waals surface area contributed by atoms with Gasteiger partial charge in [-0.2, -0.15) is 4.98 Å². The molecule has 0 spiro atoms. The van der Waals surface area contributed by atoms with Gasteiger partial charge in [-0.3, -0.25) is 0 Å². The van der Waals surface area contributed by atoms with Gasteiger partial charge in [-0.15, -0.1) is 0 Å². The first-order valence-electron chi connectivity index (χ1n) is 9.83. The smallest absolute Gasteiger partial charge is 0.318 e. The Hall–Kier alpha value is -3.55. The summed E-state index contributed by atoms with van der Waals surface area (Å²) in [5.41, 5.74) is 1.77. The fourth-order valence-electron chi connectivity index (χ4n) is 3.58. The maximum Gasteiger partial charge on any atom is 0.318 e. The first-order chi connectivity index (χ1) is 14.7. The molecule has 8 heteroatoms. The van der Waals surface area contributed by atoms with Crippen molar-refractivity contribution in [2.45, 2.75) is 25.4 Å². The molecule has 1 aromatic heterocycles. The Bertz CT molecular complexity index is 1020. The second-order valence-corrected chi connectivity index (χ2v) is 7.05. The molecule has 156 valence electrons. The summed E-state index contributed by atoms with van der Waals surface area (Å²) >= 11 is 0. The van der Waals surface area contributed by atoms with Crippen LogP contribution in [-0.2, 0) is 6.54 Å². The number of aromatic nitrogens is 2. The molecule has 30 heavy (non-hydrogen) atoms. The Balaban J connectivity index is 1.44. The number of ether oxygens (including phenoxy) is 2. The van der Waals surface area contributed by atoms with Crippen molar-refractivity contribution < 1.29 is 18.8 Å². The average Bonchev–Trinajstić information content (AvgIpc) is 3.47. The predicted molar refractivity (Wildman–Crippen MR) is 110 cm³/mol. The fraction of sp³-hybridized carbons (Fsp3) is 0.318. The quantitative estimate of drug-likeness (QED) is 0.667. The van der Waals surface area contributed by atoms with Gasteiger partial charge in [0, 0.05) is 18.7 Å². The van der Waals surface area contributed by atoms with E-state index in [9.17, 15) is 4.79 Å². The van der Waals surface area contributed by atoms with Gasteiger partial charge in [-0.25, -0.2) is 4.79 Å². The zero-order chi connectivity index (χ0) is 20.9. The molecule has 1 aliphatic heterocycles. The molecule has 8 nitrogen and oxygen atoms in total. The van der Waals surface area contributed by atoms with Crippen LogP contribution in [0.2, 0.25) is 0 Å². The summed E-state index contributed by atoms with van der Waals surface area (Å²) < 4.78 is 16.0. The lowest BCUT2D eigenvalue weighted by molar-refractivity contribution is 0.180. The Morgan fingerprint density at radius 3 is 2.73 bits per heavy atom. The van der Waals surface area contributed by atoms with E-state index in [0.29, 0.717) is 24.8 Å². The van der Waals surface area contributed by atoms with Crippen molar-refractivity contribution in [1.82, 2.24) is 20.4 Å². The summed E-state index contributed by atoms with van der Waals surface area (Å²) in [5.74, 6) is 2.41. The lowest BCUT2D eigenvalue weighted by Gasteiger charge is -2.22. The number of nitrogens with zero attached hydrogens (tertiary/aromatic N) is 3. The van der Waals surface area contributed by atoms with Crippen molar-refractivity contribution >= 4 is 6.03 Å². The van der Waals surface area contributed by atoms with Crippen LogP contribution in [0.1, 0.15) is 30.3 Å². The molecule has 2 aromatic carbocycles. The number of hydrogen-bond acceptors (Lipinski definition) is 6. The van der Waals surface area contributed by atoms with Gasteiger partial charge in [-0.1, -0.05) is 29.4 Å². The van der Waals surface area contributed by atoms with Crippen LogP contribution < -0.4 is 14.8 Å². The van der Waals surface area contributed by atoms with E-state index in [1.165, 1.54) is 0 Å². The Morgan fingerprint density at radius 2 is 1.93 bits per heavy atom. The van der Waals surface area contributed by atoms with E-state index in [2.05, 4.69) is 15.5 Å². The highest BCUT2D eigenvalue weighted by molar-refractivity contribution is 5.75. The molecule has 1 saturated heterocycles. The van der Waals surface area contributed by atoms with Crippen molar-refractivity contribution in [3.8, 4) is 22.9 Å². The van der Waals surface area contributed by atoms with E-state index >= 15 is 0 Å². The monoisotopic (exact) mass is 408 g/mol. The van der Waals surface area contributed by atoms with Crippen LogP contribution in [0.5, 0.6) is 11.5 Å². The van der Waals surface area contributed by atoms with Crippen LogP contribution >= 0.6 is 0 Å². The SMILES string of the molecule is COc1cccc(CNC(=O)N2CCCC2c2nc(-c3cccc(OC)c3)no2)c1. The van der Waals surface area contributed by atoms with E-state index in [0.717, 1.165) is 35.5 Å². The third-order valence-corrected chi connectivity index (χ3v) is 5.15. The van der Waals surface area contributed by atoms with Crippen LogP contribution in [0.3, 0.4) is 0 Å². The summed E-state index contributed by atoms with van der Waals surface area (Å²) in [5, 5.41) is 7.07. The third kappa shape index (κ3) is 4.22. The largest absolute Gasteiger partial charge is 0.497 e. The number of carbonyl (C=O) groups excluding carboxylic acids is 1. The van der Waals surface area contributed by atoms with E-state index in [4.69, 9.17) is 14.0 Å². The Morgan fingerprint density at radius 1 is 1.17 bits per heavy atom. The maximum atomic E-state index is 12.8. The lowest BCUT2D eigenvalue weighted by atomic mass is 10.2.